The first-order chi connectivity index (χ1) is 6.65. The second-order valence-electron chi connectivity index (χ2n) is 2.01. The van der Waals surface area contributed by atoms with Gasteiger partial charge in [-0.1, -0.05) is 0 Å². The van der Waals surface area contributed by atoms with E-state index in [4.69, 9.17) is 1.37 Å². The maximum absolute atomic E-state index is 11.8. The molecule has 0 saturated heterocycles. The van der Waals surface area contributed by atoms with Crippen LogP contribution in [0.1, 0.15) is 8.27 Å². The van der Waals surface area contributed by atoms with Crippen molar-refractivity contribution in [1.29, 1.82) is 0 Å². The van der Waals surface area contributed by atoms with Gasteiger partial charge in [0.05, 0.1) is 7.11 Å². The number of ether oxygens (including phenoxy) is 1. The lowest BCUT2D eigenvalue weighted by Crippen LogP contribution is -2.33. The predicted octanol–water partition coefficient (Wildman–Crippen LogP) is 0.414. The minimum Gasteiger partial charge on any atom is -0.467 e. The van der Waals surface area contributed by atoms with Gasteiger partial charge in [-0.2, -0.15) is 21.6 Å². The van der Waals surface area contributed by atoms with Gasteiger partial charge in [-0.3, -0.25) is 0 Å². The lowest BCUT2D eigenvalue weighted by atomic mass is 10.4. The molecule has 0 aliphatic carbocycles. The van der Waals surface area contributed by atoms with Gasteiger partial charge in [-0.25, -0.2) is 8.98 Å². The van der Waals surface area contributed by atoms with E-state index in [0.29, 0.717) is 0 Å². The molecule has 0 heterocycles. The van der Waals surface area contributed by atoms with E-state index in [1.165, 1.54) is 0 Å². The van der Waals surface area contributed by atoms with Crippen molar-refractivity contribution in [2.75, 3.05) is 7.11 Å². The molecule has 9 heteroatoms. The van der Waals surface area contributed by atoms with Gasteiger partial charge in [0.2, 0.25) is 0 Å². The molecule has 14 heavy (non-hydrogen) atoms. The second-order valence-corrected chi connectivity index (χ2v) is 3.57. The highest BCUT2D eigenvalue weighted by atomic mass is 32.2. The van der Waals surface area contributed by atoms with Gasteiger partial charge in [0.25, 0.3) is 0 Å². The molecule has 0 bridgehead atoms. The summed E-state index contributed by atoms with van der Waals surface area (Å²) in [5, 5.41) is 0. The summed E-state index contributed by atoms with van der Waals surface area (Å²) in [6, 6.07) is 0. The molecule has 5 nitrogen and oxygen atoms in total. The van der Waals surface area contributed by atoms with Crippen LogP contribution < -0.4 is 0 Å². The fourth-order valence-corrected chi connectivity index (χ4v) is 0.872. The average Bonchev–Trinajstić information content (AvgIpc) is 2.11. The minimum atomic E-state index is -5.88. The van der Waals surface area contributed by atoms with Gasteiger partial charge in [0, 0.05) is 1.37 Å². The van der Waals surface area contributed by atoms with Crippen molar-refractivity contribution >= 4 is 16.1 Å². The molecule has 0 aromatic carbocycles. The molecule has 1 atom stereocenters. The number of halogens is 3. The Kier molecular flexibility index (Phi) is 3.32. The molecule has 0 aliphatic rings. The Morgan fingerprint density at radius 2 is 2.00 bits per heavy atom. The van der Waals surface area contributed by atoms with E-state index >= 15 is 0 Å². The van der Waals surface area contributed by atoms with E-state index in [1.807, 2.05) is 0 Å². The molecule has 0 radical (unpaired) electrons. The quantitative estimate of drug-likeness (QED) is 0.404. The van der Waals surface area contributed by atoms with Gasteiger partial charge in [-0.05, 0) is 6.90 Å². The summed E-state index contributed by atoms with van der Waals surface area (Å²) in [6.45, 7) is -0.998. The van der Waals surface area contributed by atoms with Gasteiger partial charge in [0.1, 0.15) is 0 Å². The van der Waals surface area contributed by atoms with Gasteiger partial charge < -0.3 is 4.74 Å². The van der Waals surface area contributed by atoms with Crippen molar-refractivity contribution in [1.82, 2.24) is 0 Å². The molecule has 0 unspecified atom stereocenters. The maximum atomic E-state index is 11.8. The van der Waals surface area contributed by atoms with Crippen LogP contribution in [0, 0.1) is 0 Å². The number of alkyl halides is 3. The highest BCUT2D eigenvalue weighted by Crippen LogP contribution is 2.25. The predicted molar refractivity (Wildman–Crippen MR) is 37.5 cm³/mol. The van der Waals surface area contributed by atoms with Crippen LogP contribution in [-0.4, -0.2) is 33.1 Å². The number of carbonyl (C=O) groups is 1. The summed E-state index contributed by atoms with van der Waals surface area (Å²) < 4.78 is 70.2. The van der Waals surface area contributed by atoms with Gasteiger partial charge in [0.15, 0.2) is 6.10 Å². The average molecular weight is 237 g/mol. The zero-order valence-electron chi connectivity index (χ0n) is 7.87. The third kappa shape index (κ3) is 3.14. The molecule has 0 saturated carbocycles. The Hall–Kier alpha value is -0.830. The van der Waals surface area contributed by atoms with Gasteiger partial charge in [-0.15, -0.1) is 0 Å². The number of hydrogen-bond donors (Lipinski definition) is 0. The minimum absolute atomic E-state index is 0.828. The van der Waals surface area contributed by atoms with Crippen LogP contribution in [-0.2, 0) is 23.8 Å². The largest absolute Gasteiger partial charge is 0.523 e. The van der Waals surface area contributed by atoms with E-state index in [-0.39, 0.29) is 0 Å². The van der Waals surface area contributed by atoms with Crippen LogP contribution in [0.5, 0.6) is 0 Å². The second kappa shape index (κ2) is 4.13. The van der Waals surface area contributed by atoms with E-state index in [9.17, 15) is 26.4 Å². The lowest BCUT2D eigenvalue weighted by Gasteiger charge is -2.12. The molecular weight excluding hydrogens is 229 g/mol. The fourth-order valence-electron chi connectivity index (χ4n) is 0.378. The number of esters is 1. The summed E-state index contributed by atoms with van der Waals surface area (Å²) in [7, 11) is -5.06. The van der Waals surface area contributed by atoms with E-state index in [0.717, 1.165) is 7.11 Å². The summed E-state index contributed by atoms with van der Waals surface area (Å²) >= 11 is 0. The molecule has 0 aromatic heterocycles. The first-order valence-electron chi connectivity index (χ1n) is 3.73. The molecule has 84 valence electrons. The van der Waals surface area contributed by atoms with E-state index in [1.54, 1.807) is 0 Å². The number of methoxy groups -OCH3 is 1. The van der Waals surface area contributed by atoms with Crippen LogP contribution in [0.2, 0.25) is 0 Å². The van der Waals surface area contributed by atoms with Crippen LogP contribution in [0.15, 0.2) is 0 Å². The van der Waals surface area contributed by atoms with Crippen molar-refractivity contribution in [3.8, 4) is 0 Å². The Bertz CT molecular complexity index is 324. The van der Waals surface area contributed by atoms with Crippen molar-refractivity contribution in [3.63, 3.8) is 0 Å². The summed E-state index contributed by atoms with van der Waals surface area (Å²) in [6.07, 6.45) is -2.11. The first-order valence-corrected chi connectivity index (χ1v) is 4.43. The molecular formula is C5H7F3O5S. The summed E-state index contributed by atoms with van der Waals surface area (Å²) in [4.78, 5) is 10.6. The number of carbonyl (C=O) groups excluding carboxylic acids is 1. The Morgan fingerprint density at radius 3 is 2.29 bits per heavy atom. The van der Waals surface area contributed by atoms with E-state index in [2.05, 4.69) is 8.92 Å². The molecule has 0 amide bonds. The standard InChI is InChI=1S/C5H7F3O5S/c1-3(4(9)12-2)13-14(10,11)5(6,7)8/h3H,1-2H3/t3-/m0/s1/i1D. The van der Waals surface area contributed by atoms with Crippen LogP contribution in [0.25, 0.3) is 0 Å². The third-order valence-electron chi connectivity index (χ3n) is 0.990. The van der Waals surface area contributed by atoms with Crippen molar-refractivity contribution in [2.24, 2.45) is 0 Å². The zero-order valence-corrected chi connectivity index (χ0v) is 7.68. The fraction of sp³-hybridized carbons (Fsp3) is 0.800. The lowest BCUT2D eigenvalue weighted by molar-refractivity contribution is -0.148. The number of hydrogen-bond acceptors (Lipinski definition) is 5. The number of rotatable bonds is 3. The molecule has 0 aromatic rings. The highest BCUT2D eigenvalue weighted by Gasteiger charge is 2.49. The Balaban J connectivity index is 4.79. The topological polar surface area (TPSA) is 69.7 Å². The SMILES string of the molecule is [2H]C[C@H](OS(=O)(=O)C(F)(F)F)C(=O)OC. The molecule has 0 spiro atoms. The molecule has 0 rings (SSSR count). The monoisotopic (exact) mass is 237 g/mol. The zero-order chi connectivity index (χ0) is 12.3. The van der Waals surface area contributed by atoms with Crippen molar-refractivity contribution in [3.05, 3.63) is 0 Å². The Labute approximate surface area is 79.3 Å². The van der Waals surface area contributed by atoms with Crippen LogP contribution in [0.3, 0.4) is 0 Å². The normalized spacial score (nSPS) is 15.9. The first kappa shape index (κ1) is 11.2. The smallest absolute Gasteiger partial charge is 0.467 e. The van der Waals surface area contributed by atoms with Crippen LogP contribution >= 0.6 is 0 Å². The Morgan fingerprint density at radius 1 is 1.50 bits per heavy atom. The van der Waals surface area contributed by atoms with E-state index < -0.39 is 34.6 Å². The van der Waals surface area contributed by atoms with Crippen molar-refractivity contribution in [2.45, 2.75) is 18.5 Å². The summed E-state index contributed by atoms with van der Waals surface area (Å²) in [5.74, 6) is -1.36. The summed E-state index contributed by atoms with van der Waals surface area (Å²) in [5.41, 5.74) is -5.63. The molecule has 0 fully saturated rings. The van der Waals surface area contributed by atoms with Crippen molar-refractivity contribution < 1.29 is 36.7 Å². The van der Waals surface area contributed by atoms with Gasteiger partial charge >= 0.3 is 21.6 Å². The third-order valence-corrected chi connectivity index (χ3v) is 2.04. The molecule has 0 aliphatic heterocycles. The van der Waals surface area contributed by atoms with Crippen LogP contribution in [0.4, 0.5) is 13.2 Å². The highest BCUT2D eigenvalue weighted by molar-refractivity contribution is 7.87. The molecule has 0 N–H and O–H groups in total. The maximum Gasteiger partial charge on any atom is 0.523 e.